The molecule has 0 radical (unpaired) electrons. The minimum atomic E-state index is -0.897. The zero-order valence-corrected chi connectivity index (χ0v) is 13.1. The Morgan fingerprint density at radius 1 is 1.50 bits per heavy atom. The van der Waals surface area contributed by atoms with E-state index in [9.17, 15) is 19.4 Å². The third kappa shape index (κ3) is 3.27. The fourth-order valence-corrected chi connectivity index (χ4v) is 3.31. The van der Waals surface area contributed by atoms with E-state index in [1.165, 1.54) is 20.1 Å². The largest absolute Gasteiger partial charge is 0.394 e. The van der Waals surface area contributed by atoms with Crippen LogP contribution in [0.5, 0.6) is 0 Å². The zero-order chi connectivity index (χ0) is 16.3. The minimum Gasteiger partial charge on any atom is -0.394 e. The molecule has 1 aromatic heterocycles. The second kappa shape index (κ2) is 7.15. The number of fused-ring (bicyclic) bond motifs is 1. The van der Waals surface area contributed by atoms with Gasteiger partial charge in [-0.2, -0.15) is 0 Å². The lowest BCUT2D eigenvalue weighted by Gasteiger charge is -2.18. The average molecular weight is 327 g/mol. The Kier molecular flexibility index (Phi) is 5.47. The molecule has 120 valence electrons. The summed E-state index contributed by atoms with van der Waals surface area (Å²) < 4.78 is 19.8. The van der Waals surface area contributed by atoms with Gasteiger partial charge in [0.2, 0.25) is 0 Å². The van der Waals surface area contributed by atoms with Gasteiger partial charge in [0, 0.05) is 22.8 Å². The highest BCUT2D eigenvalue weighted by atomic mass is 32.1. The van der Waals surface area contributed by atoms with Gasteiger partial charge in [0.15, 0.2) is 0 Å². The van der Waals surface area contributed by atoms with Crippen LogP contribution in [-0.2, 0) is 11.3 Å². The molecule has 22 heavy (non-hydrogen) atoms. The Labute approximate surface area is 131 Å². The van der Waals surface area contributed by atoms with Crippen molar-refractivity contribution in [2.75, 3.05) is 13.7 Å². The van der Waals surface area contributed by atoms with E-state index in [-0.39, 0.29) is 13.2 Å². The molecule has 3 N–H and O–H groups in total. The van der Waals surface area contributed by atoms with Gasteiger partial charge >= 0.3 is 0 Å². The number of nitrogens with one attached hydrogen (secondary N) is 1. The van der Waals surface area contributed by atoms with Crippen molar-refractivity contribution < 1.29 is 24.1 Å². The quantitative estimate of drug-likeness (QED) is 0.754. The van der Waals surface area contributed by atoms with Crippen LogP contribution in [0.1, 0.15) is 22.2 Å². The van der Waals surface area contributed by atoms with Gasteiger partial charge in [-0.15, -0.1) is 11.3 Å². The molecule has 5 nitrogen and oxygen atoms in total. The molecule has 0 aliphatic heterocycles. The number of rotatable bonds is 6. The Hall–Kier alpha value is -1.54. The van der Waals surface area contributed by atoms with Gasteiger partial charge in [-0.25, -0.2) is 4.39 Å². The Balaban J connectivity index is 2.43. The molecule has 0 unspecified atom stereocenters. The molecule has 0 bridgehead atoms. The molecule has 0 aliphatic carbocycles. The van der Waals surface area contributed by atoms with E-state index in [1.807, 2.05) is 0 Å². The van der Waals surface area contributed by atoms with Crippen LogP contribution in [0.2, 0.25) is 0 Å². The maximum Gasteiger partial charge on any atom is 0.262 e. The molecular weight excluding hydrogens is 309 g/mol. The normalized spacial score (nSPS) is 14.0. The van der Waals surface area contributed by atoms with E-state index in [1.54, 1.807) is 12.1 Å². The van der Waals surface area contributed by atoms with Crippen molar-refractivity contribution in [2.45, 2.75) is 25.7 Å². The molecule has 1 heterocycles. The number of thiophene rings is 1. The van der Waals surface area contributed by atoms with Crippen LogP contribution in [0.15, 0.2) is 18.2 Å². The van der Waals surface area contributed by atoms with Gasteiger partial charge in [0.1, 0.15) is 5.82 Å². The van der Waals surface area contributed by atoms with Crippen molar-refractivity contribution in [3.63, 3.8) is 0 Å². The Bertz CT molecular complexity index is 671. The molecular formula is C15H18FNO4S. The topological polar surface area (TPSA) is 78.8 Å². The second-order valence-electron chi connectivity index (χ2n) is 4.96. The number of carbonyl (C=O) groups is 1. The first-order valence-corrected chi connectivity index (χ1v) is 7.59. The van der Waals surface area contributed by atoms with E-state index < -0.39 is 23.9 Å². The summed E-state index contributed by atoms with van der Waals surface area (Å²) in [6, 6.07) is 3.87. The smallest absolute Gasteiger partial charge is 0.262 e. The maximum absolute atomic E-state index is 14.0. The Morgan fingerprint density at radius 3 is 2.82 bits per heavy atom. The number of ether oxygens (including phenoxy) is 1. The van der Waals surface area contributed by atoms with Crippen LogP contribution in [0.3, 0.4) is 0 Å². The van der Waals surface area contributed by atoms with Crippen LogP contribution in [0.25, 0.3) is 10.1 Å². The van der Waals surface area contributed by atoms with Gasteiger partial charge in [0.25, 0.3) is 5.91 Å². The van der Waals surface area contributed by atoms with E-state index in [0.717, 1.165) is 11.3 Å². The number of halogens is 1. The van der Waals surface area contributed by atoms with Crippen molar-refractivity contribution >= 4 is 27.3 Å². The van der Waals surface area contributed by atoms with Gasteiger partial charge < -0.3 is 20.3 Å². The number of hydrogen-bond acceptors (Lipinski definition) is 5. The number of hydrogen-bond donors (Lipinski definition) is 3. The third-order valence-corrected chi connectivity index (χ3v) is 4.55. The molecule has 1 aromatic carbocycles. The lowest BCUT2D eigenvalue weighted by atomic mass is 10.1. The average Bonchev–Trinajstić information content (AvgIpc) is 2.85. The van der Waals surface area contributed by atoms with Crippen LogP contribution in [0, 0.1) is 5.82 Å². The molecule has 0 fully saturated rings. The summed E-state index contributed by atoms with van der Waals surface area (Å²) in [6.45, 7) is 1.19. The van der Waals surface area contributed by atoms with Crippen LogP contribution in [0.4, 0.5) is 4.39 Å². The molecule has 0 saturated carbocycles. The van der Waals surface area contributed by atoms with E-state index in [4.69, 9.17) is 4.74 Å². The van der Waals surface area contributed by atoms with E-state index in [0.29, 0.717) is 20.5 Å². The highest BCUT2D eigenvalue weighted by molar-refractivity contribution is 7.21. The molecule has 7 heteroatoms. The molecule has 0 spiro atoms. The fraction of sp³-hybridized carbons (Fsp3) is 0.400. The predicted molar refractivity (Wildman–Crippen MR) is 82.5 cm³/mol. The summed E-state index contributed by atoms with van der Waals surface area (Å²) in [5.41, 5.74) is 0.473. The van der Waals surface area contributed by atoms with Crippen LogP contribution < -0.4 is 5.32 Å². The number of amides is 1. The predicted octanol–water partition coefficient (Wildman–Crippen LogP) is 1.66. The van der Waals surface area contributed by atoms with Crippen molar-refractivity contribution in [2.24, 2.45) is 0 Å². The number of carbonyl (C=O) groups excluding carboxylic acids is 1. The third-order valence-electron chi connectivity index (χ3n) is 3.35. The van der Waals surface area contributed by atoms with E-state index >= 15 is 0 Å². The molecule has 0 saturated heterocycles. The van der Waals surface area contributed by atoms with Gasteiger partial charge in [-0.05, 0) is 19.1 Å². The number of aliphatic hydroxyl groups excluding tert-OH is 2. The van der Waals surface area contributed by atoms with Crippen molar-refractivity contribution in [1.82, 2.24) is 5.32 Å². The highest BCUT2D eigenvalue weighted by Gasteiger charge is 2.24. The first kappa shape index (κ1) is 16.8. The molecule has 2 aromatic rings. The Morgan fingerprint density at radius 2 is 2.23 bits per heavy atom. The molecule has 2 rings (SSSR count). The van der Waals surface area contributed by atoms with Crippen LogP contribution in [-0.4, -0.2) is 42.0 Å². The number of methoxy groups -OCH3 is 1. The van der Waals surface area contributed by atoms with Gasteiger partial charge in [-0.3, -0.25) is 4.79 Å². The first-order valence-electron chi connectivity index (χ1n) is 6.78. The van der Waals surface area contributed by atoms with Crippen LogP contribution >= 0.6 is 11.3 Å². The van der Waals surface area contributed by atoms with Crippen molar-refractivity contribution in [3.8, 4) is 0 Å². The standard InChI is InChI=1S/C15H18FNO4S/c1-8(19)11(6-18)17-15(20)14-9(7-21-2)13-10(16)4-3-5-12(13)22-14/h3-5,8,11,18-19H,6-7H2,1-2H3,(H,17,20)/t8-,11-/m1/s1. The number of aliphatic hydroxyl groups is 2. The lowest BCUT2D eigenvalue weighted by Crippen LogP contribution is -2.44. The number of benzene rings is 1. The summed E-state index contributed by atoms with van der Waals surface area (Å²) in [6.07, 6.45) is -0.897. The summed E-state index contributed by atoms with van der Waals surface area (Å²) in [7, 11) is 1.47. The van der Waals surface area contributed by atoms with Gasteiger partial charge in [-0.1, -0.05) is 6.07 Å². The summed E-state index contributed by atoms with van der Waals surface area (Å²) in [5.74, 6) is -0.873. The molecule has 1 amide bonds. The molecule has 0 aliphatic rings. The monoisotopic (exact) mass is 327 g/mol. The van der Waals surface area contributed by atoms with Crippen molar-refractivity contribution in [3.05, 3.63) is 34.5 Å². The molecule has 2 atom stereocenters. The summed E-state index contributed by atoms with van der Waals surface area (Å²) >= 11 is 1.16. The lowest BCUT2D eigenvalue weighted by molar-refractivity contribution is 0.0758. The van der Waals surface area contributed by atoms with E-state index in [2.05, 4.69) is 5.32 Å². The maximum atomic E-state index is 14.0. The first-order chi connectivity index (χ1) is 10.5. The van der Waals surface area contributed by atoms with Gasteiger partial charge in [0.05, 0.1) is 30.2 Å². The summed E-state index contributed by atoms with van der Waals surface area (Å²) in [5, 5.41) is 21.6. The fourth-order valence-electron chi connectivity index (χ4n) is 2.19. The highest BCUT2D eigenvalue weighted by Crippen LogP contribution is 2.33. The minimum absolute atomic E-state index is 0.0994. The summed E-state index contributed by atoms with van der Waals surface area (Å²) in [4.78, 5) is 12.7. The SMILES string of the molecule is COCc1c(C(=O)N[C@H](CO)[C@@H](C)O)sc2cccc(F)c12. The second-order valence-corrected chi connectivity index (χ2v) is 6.01. The zero-order valence-electron chi connectivity index (χ0n) is 12.3. The van der Waals surface area contributed by atoms with Crippen molar-refractivity contribution in [1.29, 1.82) is 0 Å².